The maximum absolute atomic E-state index is 13.8. The zero-order valence-electron chi connectivity index (χ0n) is 20.1. The van der Waals surface area contributed by atoms with Gasteiger partial charge in [0, 0.05) is 46.8 Å². The Hall–Kier alpha value is -2.88. The molecule has 0 bridgehead atoms. The first-order chi connectivity index (χ1) is 17.4. The lowest BCUT2D eigenvalue weighted by Crippen LogP contribution is -2.43. The molecule has 1 saturated heterocycles. The van der Waals surface area contributed by atoms with Crippen molar-refractivity contribution < 1.29 is 14.0 Å². The number of hydrogen-bond acceptors (Lipinski definition) is 3. The predicted octanol–water partition coefficient (Wildman–Crippen LogP) is 6.55. The Labute approximate surface area is 217 Å². The number of amides is 1. The topological polar surface area (TPSA) is 50.3 Å². The molecule has 0 aliphatic carbocycles. The lowest BCUT2D eigenvalue weighted by molar-refractivity contribution is -0.126. The highest BCUT2D eigenvalue weighted by Crippen LogP contribution is 2.57. The van der Waals surface area contributed by atoms with E-state index in [1.807, 2.05) is 48.2 Å². The van der Waals surface area contributed by atoms with E-state index in [1.54, 1.807) is 18.5 Å². The van der Waals surface area contributed by atoms with Crippen LogP contribution in [0.15, 0.2) is 67.0 Å². The third kappa shape index (κ3) is 4.87. The van der Waals surface area contributed by atoms with Crippen LogP contribution < -0.4 is 0 Å². The van der Waals surface area contributed by atoms with Crippen molar-refractivity contribution in [3.63, 3.8) is 0 Å². The highest BCUT2D eigenvalue weighted by atomic mass is 35.5. The fraction of sp³-hybridized carbons (Fsp3) is 0.276. The maximum atomic E-state index is 13.8. The molecular weight excluding hydrogens is 494 g/mol. The fourth-order valence-corrected chi connectivity index (χ4v) is 7.13. The Morgan fingerprint density at radius 2 is 1.89 bits per heavy atom. The second kappa shape index (κ2) is 10.2. The molecule has 7 heteroatoms. The van der Waals surface area contributed by atoms with Crippen LogP contribution in [-0.2, 0) is 16.4 Å². The Bertz CT molecular complexity index is 1350. The third-order valence-corrected chi connectivity index (χ3v) is 9.22. The summed E-state index contributed by atoms with van der Waals surface area (Å²) in [6.07, 6.45) is 8.52. The van der Waals surface area contributed by atoms with Crippen molar-refractivity contribution in [2.45, 2.75) is 37.8 Å². The monoisotopic (exact) mass is 520 g/mol. The number of piperidine rings is 1. The normalized spacial score (nSPS) is 17.6. The Morgan fingerprint density at radius 1 is 1.14 bits per heavy atom. The zero-order valence-corrected chi connectivity index (χ0v) is 21.8. The largest absolute Gasteiger partial charge is 0.339 e. The summed E-state index contributed by atoms with van der Waals surface area (Å²) in [6, 6.07) is 14.2. The summed E-state index contributed by atoms with van der Waals surface area (Å²) in [7, 11) is 0.0894. The van der Waals surface area contributed by atoms with E-state index >= 15 is 0 Å². The van der Waals surface area contributed by atoms with E-state index in [1.165, 1.54) is 17.7 Å². The van der Waals surface area contributed by atoms with Gasteiger partial charge in [-0.1, -0.05) is 29.8 Å². The van der Waals surface area contributed by atoms with Crippen LogP contribution in [0.25, 0.3) is 5.57 Å². The quantitative estimate of drug-likeness (QED) is 0.283. The highest BCUT2D eigenvalue weighted by molar-refractivity contribution is 7.60. The van der Waals surface area contributed by atoms with Crippen LogP contribution in [0.4, 0.5) is 4.39 Å². The van der Waals surface area contributed by atoms with Crippen molar-refractivity contribution in [3.8, 4) is 0 Å². The summed E-state index contributed by atoms with van der Waals surface area (Å²) in [5, 5.41) is 0.361. The van der Waals surface area contributed by atoms with Crippen LogP contribution in [0, 0.1) is 12.7 Å². The number of fused-ring (bicyclic) bond motifs is 2. The highest BCUT2D eigenvalue weighted by Gasteiger charge is 2.46. The zero-order chi connectivity index (χ0) is 25.3. The van der Waals surface area contributed by atoms with Crippen LogP contribution in [0.2, 0.25) is 5.02 Å². The summed E-state index contributed by atoms with van der Waals surface area (Å²) >= 11 is 6.20. The molecule has 3 heterocycles. The molecule has 1 spiro atoms. The molecule has 2 aliphatic heterocycles. The van der Waals surface area contributed by atoms with Gasteiger partial charge in [-0.15, -0.1) is 0 Å². The van der Waals surface area contributed by atoms with Gasteiger partial charge in [0.15, 0.2) is 5.52 Å². The molecule has 36 heavy (non-hydrogen) atoms. The van der Waals surface area contributed by atoms with Crippen LogP contribution in [0.5, 0.6) is 0 Å². The van der Waals surface area contributed by atoms with Crippen molar-refractivity contribution in [2.75, 3.05) is 13.1 Å². The number of pyridine rings is 1. The van der Waals surface area contributed by atoms with Gasteiger partial charge in [-0.05, 0) is 99.8 Å². The number of carbonyl (C=O) groups is 2. The SMILES string of the molecule is Cc1cc(Cl)ccc1/C(=C\CCc1ccncc1)C(=O)N1CCC2(CC1)PC(=O)c1cc(F)ccc12. The molecule has 1 fully saturated rings. The molecule has 5 rings (SSSR count). The van der Waals surface area contributed by atoms with Crippen molar-refractivity contribution in [1.29, 1.82) is 0 Å². The number of rotatable bonds is 5. The standard InChI is InChI=1S/C29H27ClFN2O2P/c1-19-17-21(30)5-7-23(19)24(4-2-3-20-9-13-32-14-10-20)27(34)33-15-11-29(12-16-33)26-8-6-22(31)18-25(26)28(35)36-29/h4-10,13-14,17-18,36H,2-3,11-12,15-16H2,1H3/b24-4+. The van der Waals surface area contributed by atoms with Crippen molar-refractivity contribution >= 4 is 37.2 Å². The number of carbonyl (C=O) groups excluding carboxylic acids is 2. The number of aryl methyl sites for hydroxylation is 2. The lowest BCUT2D eigenvalue weighted by Gasteiger charge is -2.39. The number of halogens is 2. The number of allylic oxidation sites excluding steroid dienone is 1. The van der Waals surface area contributed by atoms with E-state index in [9.17, 15) is 14.0 Å². The molecule has 3 aromatic rings. The van der Waals surface area contributed by atoms with Gasteiger partial charge in [-0.3, -0.25) is 14.6 Å². The average molecular weight is 521 g/mol. The van der Waals surface area contributed by atoms with E-state index in [4.69, 9.17) is 11.6 Å². The predicted molar refractivity (Wildman–Crippen MR) is 143 cm³/mol. The second-order valence-electron chi connectivity index (χ2n) is 9.49. The van der Waals surface area contributed by atoms with Crippen LogP contribution >= 0.6 is 20.2 Å². The fourth-order valence-electron chi connectivity index (χ4n) is 5.30. The van der Waals surface area contributed by atoms with E-state index in [0.29, 0.717) is 42.1 Å². The molecule has 4 nitrogen and oxygen atoms in total. The van der Waals surface area contributed by atoms with Gasteiger partial charge in [-0.25, -0.2) is 4.39 Å². The van der Waals surface area contributed by atoms with E-state index in [2.05, 4.69) is 4.98 Å². The minimum Gasteiger partial charge on any atom is -0.339 e. The van der Waals surface area contributed by atoms with Crippen LogP contribution in [0.3, 0.4) is 0 Å². The summed E-state index contributed by atoms with van der Waals surface area (Å²) in [4.78, 5) is 32.4. The first-order valence-electron chi connectivity index (χ1n) is 12.1. The maximum Gasteiger partial charge on any atom is 0.254 e. The van der Waals surface area contributed by atoms with Crippen molar-refractivity contribution in [3.05, 3.63) is 106 Å². The summed E-state index contributed by atoms with van der Waals surface area (Å²) in [5.74, 6) is -0.381. The smallest absolute Gasteiger partial charge is 0.254 e. The Kier molecular flexibility index (Phi) is 7.05. The molecule has 0 radical (unpaired) electrons. The molecule has 2 aromatic carbocycles. The minimum atomic E-state index is -0.378. The molecule has 0 N–H and O–H groups in total. The van der Waals surface area contributed by atoms with Gasteiger partial charge in [0.05, 0.1) is 0 Å². The molecule has 184 valence electrons. The Morgan fingerprint density at radius 3 is 2.61 bits per heavy atom. The van der Waals surface area contributed by atoms with Crippen molar-refractivity contribution in [1.82, 2.24) is 9.88 Å². The second-order valence-corrected chi connectivity index (χ2v) is 11.6. The minimum absolute atomic E-state index is 0.00279. The first kappa shape index (κ1) is 24.8. The van der Waals surface area contributed by atoms with Gasteiger partial charge in [0.2, 0.25) is 0 Å². The molecule has 2 aliphatic rings. The van der Waals surface area contributed by atoms with Crippen molar-refractivity contribution in [2.24, 2.45) is 0 Å². The van der Waals surface area contributed by atoms with Crippen LogP contribution in [0.1, 0.15) is 51.9 Å². The van der Waals surface area contributed by atoms with Gasteiger partial charge in [0.25, 0.3) is 5.91 Å². The molecule has 1 atom stereocenters. The van der Waals surface area contributed by atoms with Crippen LogP contribution in [-0.4, -0.2) is 34.4 Å². The average Bonchev–Trinajstić information content (AvgIpc) is 3.13. The van der Waals surface area contributed by atoms with Gasteiger partial charge in [0.1, 0.15) is 5.82 Å². The van der Waals surface area contributed by atoms with Gasteiger partial charge < -0.3 is 4.90 Å². The van der Waals surface area contributed by atoms with Gasteiger partial charge in [-0.2, -0.15) is 0 Å². The van der Waals surface area contributed by atoms with E-state index in [-0.39, 0.29) is 31.0 Å². The number of aromatic nitrogens is 1. The summed E-state index contributed by atoms with van der Waals surface area (Å²) in [6.45, 7) is 3.09. The molecule has 1 unspecified atom stereocenters. The van der Waals surface area contributed by atoms with E-state index < -0.39 is 0 Å². The summed E-state index contributed by atoms with van der Waals surface area (Å²) < 4.78 is 13.8. The first-order valence-corrected chi connectivity index (χ1v) is 13.5. The molecule has 1 aromatic heterocycles. The number of benzene rings is 2. The number of hydrogen-bond donors (Lipinski definition) is 0. The molecule has 0 saturated carbocycles. The third-order valence-electron chi connectivity index (χ3n) is 7.24. The summed E-state index contributed by atoms with van der Waals surface area (Å²) in [5.41, 5.74) is 5.18. The lowest BCUT2D eigenvalue weighted by atomic mass is 9.85. The number of likely N-dealkylation sites (tertiary alicyclic amines) is 1. The molecule has 1 amide bonds. The number of nitrogens with zero attached hydrogens (tertiary/aromatic N) is 2. The van der Waals surface area contributed by atoms with Gasteiger partial charge >= 0.3 is 0 Å². The Balaban J connectivity index is 1.37. The van der Waals surface area contributed by atoms with E-state index in [0.717, 1.165) is 29.5 Å². The molecular formula is C29H27ClFN2O2P.